The number of methoxy groups -OCH3 is 1. The largest absolute Gasteiger partial charge is 0.507 e. The number of phenols is 3. The molecule has 130 valence electrons. The predicted molar refractivity (Wildman–Crippen MR) is 94.7 cm³/mol. The Balaban J connectivity index is 2.42. The molecule has 25 heavy (non-hydrogen) atoms. The van der Waals surface area contributed by atoms with Gasteiger partial charge in [-0.1, -0.05) is 11.6 Å². The van der Waals surface area contributed by atoms with E-state index in [1.807, 2.05) is 19.9 Å². The van der Waals surface area contributed by atoms with Crippen LogP contribution in [0.25, 0.3) is 21.9 Å². The summed E-state index contributed by atoms with van der Waals surface area (Å²) in [4.78, 5) is 12.8. The third-order valence-electron chi connectivity index (χ3n) is 4.00. The number of ether oxygens (including phenoxy) is 1. The van der Waals surface area contributed by atoms with E-state index in [1.54, 1.807) is 0 Å². The van der Waals surface area contributed by atoms with Crippen LogP contribution in [0.5, 0.6) is 23.0 Å². The molecule has 0 unspecified atom stereocenters. The molecule has 0 fully saturated rings. The topological polar surface area (TPSA) is 100 Å². The number of hydrogen-bond acceptors (Lipinski definition) is 6. The Bertz CT molecular complexity index is 1070. The highest BCUT2D eigenvalue weighted by Crippen LogP contribution is 2.38. The van der Waals surface area contributed by atoms with Crippen LogP contribution in [0.2, 0.25) is 0 Å². The number of aromatic hydroxyl groups is 3. The molecule has 0 amide bonds. The van der Waals surface area contributed by atoms with E-state index in [0.717, 1.165) is 5.57 Å². The van der Waals surface area contributed by atoms with Crippen LogP contribution >= 0.6 is 0 Å². The molecule has 1 heterocycles. The number of allylic oxidation sites excluding steroid dienone is 2. The molecule has 0 saturated heterocycles. The monoisotopic (exact) mass is 342 g/mol. The molecule has 3 N–H and O–H groups in total. The Kier molecular flexibility index (Phi) is 4.04. The average molecular weight is 342 g/mol. The summed E-state index contributed by atoms with van der Waals surface area (Å²) in [7, 11) is 1.42. The van der Waals surface area contributed by atoms with Crippen molar-refractivity contribution in [3.05, 3.63) is 45.6 Å². The van der Waals surface area contributed by atoms with Crippen LogP contribution < -0.4 is 10.2 Å². The molecular formula is C19H18O6. The number of fused-ring (bicyclic) bond motifs is 2. The van der Waals surface area contributed by atoms with Crippen LogP contribution in [-0.2, 0) is 6.42 Å². The Morgan fingerprint density at radius 2 is 1.84 bits per heavy atom. The molecule has 3 aromatic rings. The molecule has 0 aliphatic rings. The van der Waals surface area contributed by atoms with Gasteiger partial charge in [-0.3, -0.25) is 4.79 Å². The van der Waals surface area contributed by atoms with Gasteiger partial charge in [-0.05, 0) is 26.3 Å². The van der Waals surface area contributed by atoms with Gasteiger partial charge < -0.3 is 24.5 Å². The van der Waals surface area contributed by atoms with Crippen molar-refractivity contribution in [2.24, 2.45) is 0 Å². The normalized spacial score (nSPS) is 11.0. The maximum atomic E-state index is 12.8. The summed E-state index contributed by atoms with van der Waals surface area (Å²) in [6.07, 6.45) is 2.22. The number of benzene rings is 2. The van der Waals surface area contributed by atoms with E-state index in [1.165, 1.54) is 25.3 Å². The van der Waals surface area contributed by atoms with Crippen molar-refractivity contribution < 1.29 is 24.5 Å². The quantitative estimate of drug-likeness (QED) is 0.382. The van der Waals surface area contributed by atoms with Gasteiger partial charge in [0.15, 0.2) is 11.3 Å². The Morgan fingerprint density at radius 3 is 2.48 bits per heavy atom. The molecule has 1 aromatic heterocycles. The molecule has 0 aliphatic carbocycles. The molecule has 0 spiro atoms. The van der Waals surface area contributed by atoms with Crippen LogP contribution in [0.3, 0.4) is 0 Å². The first-order valence-corrected chi connectivity index (χ1v) is 7.68. The van der Waals surface area contributed by atoms with Gasteiger partial charge in [0.05, 0.1) is 7.11 Å². The zero-order chi connectivity index (χ0) is 18.3. The van der Waals surface area contributed by atoms with Gasteiger partial charge in [-0.25, -0.2) is 0 Å². The van der Waals surface area contributed by atoms with Gasteiger partial charge in [0.1, 0.15) is 33.6 Å². The van der Waals surface area contributed by atoms with Crippen molar-refractivity contribution in [3.8, 4) is 23.0 Å². The minimum absolute atomic E-state index is 0.0566. The predicted octanol–water partition coefficient (Wildman–Crippen LogP) is 3.58. The standard InChI is InChI=1S/C19H18O6/c1-9(2)4-5-10-6-13(21)19-16(17(10)22)18(23)15-12(20)7-11(24-3)8-14(15)25-19/h4,6-8,20-22H,5H2,1-3H3. The zero-order valence-electron chi connectivity index (χ0n) is 14.1. The fraction of sp³-hybridized carbons (Fsp3) is 0.211. The van der Waals surface area contributed by atoms with Crippen LogP contribution in [0.15, 0.2) is 39.1 Å². The summed E-state index contributed by atoms with van der Waals surface area (Å²) in [5.41, 5.74) is 0.730. The second-order valence-corrected chi connectivity index (χ2v) is 6.04. The summed E-state index contributed by atoms with van der Waals surface area (Å²) in [6, 6.07) is 4.09. The zero-order valence-corrected chi connectivity index (χ0v) is 14.1. The van der Waals surface area contributed by atoms with Crippen molar-refractivity contribution in [3.63, 3.8) is 0 Å². The van der Waals surface area contributed by atoms with Gasteiger partial charge in [0.2, 0.25) is 5.43 Å². The highest BCUT2D eigenvalue weighted by Gasteiger charge is 2.20. The van der Waals surface area contributed by atoms with Gasteiger partial charge in [0, 0.05) is 17.7 Å². The molecule has 0 radical (unpaired) electrons. The molecule has 2 aromatic carbocycles. The summed E-state index contributed by atoms with van der Waals surface area (Å²) >= 11 is 0. The van der Waals surface area contributed by atoms with Gasteiger partial charge in [0.25, 0.3) is 0 Å². The van der Waals surface area contributed by atoms with Gasteiger partial charge in [-0.15, -0.1) is 0 Å². The second-order valence-electron chi connectivity index (χ2n) is 6.04. The Hall–Kier alpha value is -3.15. The molecule has 0 saturated carbocycles. The Morgan fingerprint density at radius 1 is 1.12 bits per heavy atom. The van der Waals surface area contributed by atoms with Gasteiger partial charge in [-0.2, -0.15) is 0 Å². The van der Waals surface area contributed by atoms with Crippen molar-refractivity contribution in [2.45, 2.75) is 20.3 Å². The molecule has 6 nitrogen and oxygen atoms in total. The summed E-state index contributed by atoms with van der Waals surface area (Å²) in [6.45, 7) is 3.82. The third-order valence-corrected chi connectivity index (χ3v) is 4.00. The SMILES string of the molecule is COc1cc(O)c2c(=O)c3c(O)c(CC=C(C)C)cc(O)c3oc2c1. The lowest BCUT2D eigenvalue weighted by Crippen LogP contribution is -2.04. The fourth-order valence-corrected chi connectivity index (χ4v) is 2.72. The first-order chi connectivity index (χ1) is 11.8. The fourth-order valence-electron chi connectivity index (χ4n) is 2.72. The molecular weight excluding hydrogens is 324 g/mol. The van der Waals surface area contributed by atoms with Gasteiger partial charge >= 0.3 is 0 Å². The first-order valence-electron chi connectivity index (χ1n) is 7.68. The van der Waals surface area contributed by atoms with Crippen molar-refractivity contribution in [2.75, 3.05) is 7.11 Å². The molecule has 3 rings (SSSR count). The van der Waals surface area contributed by atoms with Crippen LogP contribution in [0, 0.1) is 0 Å². The third kappa shape index (κ3) is 2.76. The maximum Gasteiger partial charge on any atom is 0.208 e. The minimum atomic E-state index is -0.622. The average Bonchev–Trinajstić information content (AvgIpc) is 2.55. The van der Waals surface area contributed by atoms with E-state index in [4.69, 9.17) is 9.15 Å². The summed E-state index contributed by atoms with van der Waals surface area (Å²) < 4.78 is 10.6. The molecule has 0 bridgehead atoms. The Labute approximate surface area is 143 Å². The van der Waals surface area contributed by atoms with E-state index >= 15 is 0 Å². The molecule has 0 aliphatic heterocycles. The number of phenolic OH excluding ortho intramolecular Hbond substituents is 3. The number of rotatable bonds is 3. The smallest absolute Gasteiger partial charge is 0.208 e. The van der Waals surface area contributed by atoms with Crippen LogP contribution in [-0.4, -0.2) is 22.4 Å². The van der Waals surface area contributed by atoms with Crippen molar-refractivity contribution in [1.82, 2.24) is 0 Å². The highest BCUT2D eigenvalue weighted by molar-refractivity contribution is 5.99. The molecule has 6 heteroatoms. The maximum absolute atomic E-state index is 12.8. The van der Waals surface area contributed by atoms with E-state index in [2.05, 4.69) is 0 Å². The minimum Gasteiger partial charge on any atom is -0.507 e. The molecule has 0 atom stereocenters. The lowest BCUT2D eigenvalue weighted by Gasteiger charge is -2.10. The highest BCUT2D eigenvalue weighted by atomic mass is 16.5. The first kappa shape index (κ1) is 16.7. The van der Waals surface area contributed by atoms with E-state index in [0.29, 0.717) is 17.7 Å². The summed E-state index contributed by atoms with van der Waals surface area (Å²) in [5.74, 6) is -0.544. The van der Waals surface area contributed by atoms with E-state index < -0.39 is 5.43 Å². The lowest BCUT2D eigenvalue weighted by atomic mass is 10.0. The van der Waals surface area contributed by atoms with E-state index in [-0.39, 0.29) is 39.2 Å². The summed E-state index contributed by atoms with van der Waals surface area (Å²) in [5, 5.41) is 30.7. The van der Waals surface area contributed by atoms with Crippen molar-refractivity contribution >= 4 is 21.9 Å². The van der Waals surface area contributed by atoms with Crippen molar-refractivity contribution in [1.29, 1.82) is 0 Å². The number of hydrogen-bond donors (Lipinski definition) is 3. The van der Waals surface area contributed by atoms with Crippen LogP contribution in [0.4, 0.5) is 0 Å². The lowest BCUT2D eigenvalue weighted by molar-refractivity contribution is 0.408. The second kappa shape index (κ2) is 6.05. The van der Waals surface area contributed by atoms with Crippen LogP contribution in [0.1, 0.15) is 19.4 Å². The van der Waals surface area contributed by atoms with E-state index in [9.17, 15) is 20.1 Å².